The molecule has 0 saturated heterocycles. The highest BCUT2D eigenvalue weighted by atomic mass is 16.1. The lowest BCUT2D eigenvalue weighted by Crippen LogP contribution is -2.54. The van der Waals surface area contributed by atoms with Gasteiger partial charge in [0.1, 0.15) is 5.54 Å². The van der Waals surface area contributed by atoms with Gasteiger partial charge in [-0.05, 0) is 47.0 Å². The summed E-state index contributed by atoms with van der Waals surface area (Å²) in [6, 6.07) is 15.5. The molecule has 1 amide bonds. The lowest BCUT2D eigenvalue weighted by Gasteiger charge is -2.33. The first kappa shape index (κ1) is 19.5. The van der Waals surface area contributed by atoms with Crippen molar-refractivity contribution >= 4 is 11.6 Å². The van der Waals surface area contributed by atoms with E-state index >= 15 is 0 Å². The van der Waals surface area contributed by atoms with Crippen molar-refractivity contribution in [2.24, 2.45) is 5.73 Å². The molecule has 3 aromatic rings. The zero-order valence-electron chi connectivity index (χ0n) is 16.2. The third-order valence-corrected chi connectivity index (χ3v) is 4.83. The molecule has 144 valence electrons. The SMILES string of the molecule is CN(C)c1ccc(C(Cc2cccnc2)(NCc2ccncc2)C(N)=O)cc1. The number of anilines is 1. The minimum Gasteiger partial charge on any atom is -0.378 e. The predicted molar refractivity (Wildman–Crippen MR) is 111 cm³/mol. The van der Waals surface area contributed by atoms with E-state index in [-0.39, 0.29) is 0 Å². The molecule has 0 bridgehead atoms. The first-order valence-electron chi connectivity index (χ1n) is 9.12. The maximum Gasteiger partial charge on any atom is 0.242 e. The number of hydrogen-bond donors (Lipinski definition) is 2. The van der Waals surface area contributed by atoms with Crippen molar-refractivity contribution in [3.05, 3.63) is 90.0 Å². The van der Waals surface area contributed by atoms with Crippen molar-refractivity contribution < 1.29 is 4.79 Å². The molecule has 0 aliphatic rings. The largest absolute Gasteiger partial charge is 0.378 e. The predicted octanol–water partition coefficient (Wildman–Crippen LogP) is 2.26. The molecule has 0 fully saturated rings. The maximum absolute atomic E-state index is 12.8. The van der Waals surface area contributed by atoms with Gasteiger partial charge in [0.25, 0.3) is 0 Å². The Hall–Kier alpha value is -3.25. The first-order valence-corrected chi connectivity index (χ1v) is 9.12. The van der Waals surface area contributed by atoms with Crippen LogP contribution >= 0.6 is 0 Å². The number of benzene rings is 1. The Kier molecular flexibility index (Phi) is 6.01. The van der Waals surface area contributed by atoms with E-state index in [0.717, 1.165) is 22.4 Å². The maximum atomic E-state index is 12.8. The first-order chi connectivity index (χ1) is 13.5. The van der Waals surface area contributed by atoms with E-state index in [1.54, 1.807) is 24.8 Å². The average Bonchev–Trinajstić information content (AvgIpc) is 2.72. The number of amides is 1. The van der Waals surface area contributed by atoms with E-state index < -0.39 is 11.4 Å². The minimum atomic E-state index is -1.06. The number of primary amides is 1. The molecule has 3 rings (SSSR count). The van der Waals surface area contributed by atoms with Crippen LogP contribution in [0.1, 0.15) is 16.7 Å². The number of nitrogens with one attached hydrogen (secondary N) is 1. The quantitative estimate of drug-likeness (QED) is 0.631. The Balaban J connectivity index is 2.00. The minimum absolute atomic E-state index is 0.405. The molecule has 0 radical (unpaired) electrons. The van der Waals surface area contributed by atoms with E-state index in [9.17, 15) is 4.79 Å². The highest BCUT2D eigenvalue weighted by Crippen LogP contribution is 2.28. The van der Waals surface area contributed by atoms with Gasteiger partial charge in [0.2, 0.25) is 5.91 Å². The third-order valence-electron chi connectivity index (χ3n) is 4.83. The van der Waals surface area contributed by atoms with Gasteiger partial charge in [-0.2, -0.15) is 0 Å². The van der Waals surface area contributed by atoms with Gasteiger partial charge < -0.3 is 10.6 Å². The van der Waals surface area contributed by atoms with E-state index in [0.29, 0.717) is 13.0 Å². The molecule has 28 heavy (non-hydrogen) atoms. The summed E-state index contributed by atoms with van der Waals surface area (Å²) in [6.45, 7) is 0.487. The van der Waals surface area contributed by atoms with Crippen LogP contribution in [0, 0.1) is 0 Å². The zero-order valence-corrected chi connectivity index (χ0v) is 16.2. The monoisotopic (exact) mass is 375 g/mol. The molecule has 0 spiro atoms. The highest BCUT2D eigenvalue weighted by molar-refractivity contribution is 5.86. The fourth-order valence-corrected chi connectivity index (χ4v) is 3.19. The van der Waals surface area contributed by atoms with E-state index in [1.165, 1.54) is 0 Å². The summed E-state index contributed by atoms with van der Waals surface area (Å²) >= 11 is 0. The summed E-state index contributed by atoms with van der Waals surface area (Å²) < 4.78 is 0. The van der Waals surface area contributed by atoms with Crippen LogP contribution < -0.4 is 16.0 Å². The number of hydrogen-bond acceptors (Lipinski definition) is 5. The molecule has 2 aromatic heterocycles. The summed E-state index contributed by atoms with van der Waals surface area (Å²) in [5, 5.41) is 3.42. The Bertz CT molecular complexity index is 897. The standard InChI is InChI=1S/C22H25N5O/c1-27(2)20-7-5-19(6-8-20)22(21(23)28,14-18-4-3-11-25-15-18)26-16-17-9-12-24-13-10-17/h3-13,15,26H,14,16H2,1-2H3,(H2,23,28). The van der Waals surface area contributed by atoms with Gasteiger partial charge in [-0.15, -0.1) is 0 Å². The molecular formula is C22H25N5O. The van der Waals surface area contributed by atoms with Crippen molar-refractivity contribution in [3.63, 3.8) is 0 Å². The van der Waals surface area contributed by atoms with Crippen molar-refractivity contribution in [1.82, 2.24) is 15.3 Å². The van der Waals surface area contributed by atoms with Crippen LogP contribution in [-0.2, 0) is 23.3 Å². The summed E-state index contributed by atoms with van der Waals surface area (Å²) in [4.78, 5) is 23.0. The highest BCUT2D eigenvalue weighted by Gasteiger charge is 2.38. The van der Waals surface area contributed by atoms with Crippen molar-refractivity contribution in [1.29, 1.82) is 0 Å². The van der Waals surface area contributed by atoms with Crippen LogP contribution in [0.3, 0.4) is 0 Å². The van der Waals surface area contributed by atoms with E-state index in [2.05, 4.69) is 15.3 Å². The second-order valence-corrected chi connectivity index (χ2v) is 6.96. The van der Waals surface area contributed by atoms with Gasteiger partial charge in [-0.3, -0.25) is 20.1 Å². The summed E-state index contributed by atoms with van der Waals surface area (Å²) in [5.74, 6) is -0.428. The fraction of sp³-hybridized carbons (Fsp3) is 0.227. The van der Waals surface area contributed by atoms with Gasteiger partial charge in [0.05, 0.1) is 0 Å². The molecule has 1 unspecified atom stereocenters. The molecular weight excluding hydrogens is 350 g/mol. The van der Waals surface area contributed by atoms with E-state index in [4.69, 9.17) is 5.73 Å². The normalized spacial score (nSPS) is 12.9. The number of carbonyl (C=O) groups is 1. The molecule has 2 heterocycles. The van der Waals surface area contributed by atoms with Gasteiger partial charge in [-0.25, -0.2) is 0 Å². The molecule has 0 aliphatic carbocycles. The van der Waals surface area contributed by atoms with Crippen LogP contribution in [0.15, 0.2) is 73.3 Å². The van der Waals surface area contributed by atoms with Gasteiger partial charge in [0, 0.05) is 57.5 Å². The fourth-order valence-electron chi connectivity index (χ4n) is 3.19. The lowest BCUT2D eigenvalue weighted by atomic mass is 9.83. The second kappa shape index (κ2) is 8.63. The summed E-state index contributed by atoms with van der Waals surface area (Å²) in [5.41, 5.74) is 8.74. The number of nitrogens with two attached hydrogens (primary N) is 1. The number of aromatic nitrogens is 2. The molecule has 1 aromatic carbocycles. The summed E-state index contributed by atoms with van der Waals surface area (Å²) in [7, 11) is 3.96. The lowest BCUT2D eigenvalue weighted by molar-refractivity contribution is -0.125. The van der Waals surface area contributed by atoms with Crippen molar-refractivity contribution in [2.75, 3.05) is 19.0 Å². The van der Waals surface area contributed by atoms with Crippen molar-refractivity contribution in [3.8, 4) is 0 Å². The third kappa shape index (κ3) is 4.35. The Labute approximate surface area is 165 Å². The number of pyridine rings is 2. The van der Waals surface area contributed by atoms with E-state index in [1.807, 2.05) is 67.5 Å². The van der Waals surface area contributed by atoms with Crippen LogP contribution in [-0.4, -0.2) is 30.0 Å². The second-order valence-electron chi connectivity index (χ2n) is 6.96. The van der Waals surface area contributed by atoms with Gasteiger partial charge in [-0.1, -0.05) is 18.2 Å². The summed E-state index contributed by atoms with van der Waals surface area (Å²) in [6.07, 6.45) is 7.35. The van der Waals surface area contributed by atoms with Crippen LogP contribution in [0.5, 0.6) is 0 Å². The van der Waals surface area contributed by atoms with Gasteiger partial charge >= 0.3 is 0 Å². The van der Waals surface area contributed by atoms with Crippen molar-refractivity contribution in [2.45, 2.75) is 18.5 Å². The molecule has 1 atom stereocenters. The average molecular weight is 375 g/mol. The molecule has 6 heteroatoms. The number of carbonyl (C=O) groups excluding carboxylic acids is 1. The van der Waals surface area contributed by atoms with Crippen LogP contribution in [0.2, 0.25) is 0 Å². The van der Waals surface area contributed by atoms with Crippen LogP contribution in [0.25, 0.3) is 0 Å². The Morgan fingerprint density at radius 2 is 1.71 bits per heavy atom. The van der Waals surface area contributed by atoms with Gasteiger partial charge in [0.15, 0.2) is 0 Å². The topological polar surface area (TPSA) is 84.1 Å². The Morgan fingerprint density at radius 1 is 1.00 bits per heavy atom. The molecule has 0 aliphatic heterocycles. The smallest absolute Gasteiger partial charge is 0.242 e. The Morgan fingerprint density at radius 3 is 2.29 bits per heavy atom. The molecule has 3 N–H and O–H groups in total. The number of nitrogens with zero attached hydrogens (tertiary/aromatic N) is 3. The van der Waals surface area contributed by atoms with Crippen LogP contribution in [0.4, 0.5) is 5.69 Å². The zero-order chi connectivity index (χ0) is 20.0. The number of rotatable bonds is 8. The molecule has 6 nitrogen and oxygen atoms in total. The molecule has 0 saturated carbocycles.